The summed E-state index contributed by atoms with van der Waals surface area (Å²) in [6.07, 6.45) is 0.982. The Kier molecular flexibility index (Phi) is 6.83. The second-order valence-electron chi connectivity index (χ2n) is 10.5. The van der Waals surface area contributed by atoms with Gasteiger partial charge in [-0.15, -0.1) is 0 Å². The molecule has 1 nitrogen and oxygen atoms in total. The summed E-state index contributed by atoms with van der Waals surface area (Å²) in [4.78, 5) is 0. The molecular weight excluding hydrogens is 362 g/mol. The second-order valence-corrected chi connectivity index (χ2v) is 10.5. The molecule has 3 rings (SSSR count). The van der Waals surface area contributed by atoms with E-state index < -0.39 is 0 Å². The van der Waals surface area contributed by atoms with Gasteiger partial charge in [0, 0.05) is 12.6 Å². The van der Waals surface area contributed by atoms with Gasteiger partial charge in [-0.3, -0.25) is 0 Å². The van der Waals surface area contributed by atoms with Crippen molar-refractivity contribution in [1.82, 2.24) is 5.32 Å². The van der Waals surface area contributed by atoms with Gasteiger partial charge in [0.05, 0.1) is 0 Å². The van der Waals surface area contributed by atoms with Gasteiger partial charge in [0.2, 0.25) is 0 Å². The van der Waals surface area contributed by atoms with E-state index >= 15 is 0 Å². The standard InChI is InChI=1S/C29H37N/c1-28(2,3)25-17-23(18-26(20-25)29(4,5)6)21-30-27(24-15-11-8-12-16-24)19-22-13-9-7-10-14-22/h7-18,20,27,30H,19,21H2,1-6H3. The minimum atomic E-state index is 0.138. The Bertz CT molecular complexity index is 895. The number of benzene rings is 3. The van der Waals surface area contributed by atoms with Gasteiger partial charge >= 0.3 is 0 Å². The van der Waals surface area contributed by atoms with Gasteiger partial charge in [0.25, 0.3) is 0 Å². The van der Waals surface area contributed by atoms with E-state index in [1.807, 2.05) is 0 Å². The lowest BCUT2D eigenvalue weighted by atomic mass is 9.79. The Labute approximate surface area is 183 Å². The predicted molar refractivity (Wildman–Crippen MR) is 130 cm³/mol. The summed E-state index contributed by atoms with van der Waals surface area (Å²) in [6, 6.07) is 29.0. The maximum atomic E-state index is 3.86. The molecule has 0 spiro atoms. The van der Waals surface area contributed by atoms with E-state index in [1.165, 1.54) is 27.8 Å². The van der Waals surface area contributed by atoms with Crippen LogP contribution >= 0.6 is 0 Å². The van der Waals surface area contributed by atoms with Crippen molar-refractivity contribution < 1.29 is 0 Å². The molecule has 3 aromatic carbocycles. The molecular formula is C29H37N. The Morgan fingerprint density at radius 2 is 1.13 bits per heavy atom. The van der Waals surface area contributed by atoms with E-state index in [-0.39, 0.29) is 16.9 Å². The van der Waals surface area contributed by atoms with Crippen LogP contribution in [-0.4, -0.2) is 0 Å². The highest BCUT2D eigenvalue weighted by Gasteiger charge is 2.21. The molecule has 0 amide bonds. The van der Waals surface area contributed by atoms with E-state index in [9.17, 15) is 0 Å². The number of hydrogen-bond acceptors (Lipinski definition) is 1. The zero-order valence-corrected chi connectivity index (χ0v) is 19.5. The monoisotopic (exact) mass is 399 g/mol. The molecule has 0 aliphatic heterocycles. The van der Waals surface area contributed by atoms with E-state index in [2.05, 4.69) is 126 Å². The molecule has 1 heteroatoms. The first kappa shape index (κ1) is 22.3. The minimum Gasteiger partial charge on any atom is -0.306 e. The molecule has 0 radical (unpaired) electrons. The normalized spacial score (nSPS) is 13.3. The summed E-state index contributed by atoms with van der Waals surface area (Å²) in [5.74, 6) is 0. The van der Waals surface area contributed by atoms with Crippen molar-refractivity contribution in [2.45, 2.75) is 71.4 Å². The first-order chi connectivity index (χ1) is 14.1. The zero-order chi connectivity index (χ0) is 21.8. The van der Waals surface area contributed by atoms with Gasteiger partial charge in [0.15, 0.2) is 0 Å². The number of rotatable bonds is 6. The molecule has 1 atom stereocenters. The van der Waals surface area contributed by atoms with Crippen LogP contribution < -0.4 is 5.32 Å². The lowest BCUT2D eigenvalue weighted by molar-refractivity contribution is 0.525. The molecule has 0 aliphatic rings. The van der Waals surface area contributed by atoms with E-state index in [1.54, 1.807) is 0 Å². The van der Waals surface area contributed by atoms with Gasteiger partial charge in [0.1, 0.15) is 0 Å². The first-order valence-corrected chi connectivity index (χ1v) is 11.1. The first-order valence-electron chi connectivity index (χ1n) is 11.1. The minimum absolute atomic E-state index is 0.138. The Balaban J connectivity index is 1.87. The van der Waals surface area contributed by atoms with Crippen molar-refractivity contribution in [2.24, 2.45) is 0 Å². The largest absolute Gasteiger partial charge is 0.306 e. The van der Waals surface area contributed by atoms with Gasteiger partial charge in [-0.05, 0) is 45.1 Å². The average Bonchev–Trinajstić information content (AvgIpc) is 2.71. The van der Waals surface area contributed by atoms with Crippen molar-refractivity contribution in [3.05, 3.63) is 107 Å². The topological polar surface area (TPSA) is 12.0 Å². The third kappa shape index (κ3) is 6.06. The zero-order valence-electron chi connectivity index (χ0n) is 19.5. The van der Waals surface area contributed by atoms with E-state index in [0.717, 1.165) is 13.0 Å². The van der Waals surface area contributed by atoms with Gasteiger partial charge in [-0.2, -0.15) is 0 Å². The van der Waals surface area contributed by atoms with Crippen molar-refractivity contribution in [3.8, 4) is 0 Å². The molecule has 3 aromatic rings. The molecule has 0 saturated heterocycles. The van der Waals surface area contributed by atoms with E-state index in [0.29, 0.717) is 0 Å². The fraction of sp³-hybridized carbons (Fsp3) is 0.379. The molecule has 0 saturated carbocycles. The van der Waals surface area contributed by atoms with Crippen molar-refractivity contribution in [2.75, 3.05) is 0 Å². The quantitative estimate of drug-likeness (QED) is 0.457. The molecule has 30 heavy (non-hydrogen) atoms. The predicted octanol–water partition coefficient (Wildman–Crippen LogP) is 7.36. The molecule has 1 unspecified atom stereocenters. The van der Waals surface area contributed by atoms with Crippen LogP contribution in [0.15, 0.2) is 78.9 Å². The van der Waals surface area contributed by atoms with Crippen LogP contribution in [0.2, 0.25) is 0 Å². The highest BCUT2D eigenvalue weighted by atomic mass is 14.9. The van der Waals surface area contributed by atoms with Gasteiger partial charge < -0.3 is 5.32 Å². The molecule has 0 fully saturated rings. The second kappa shape index (κ2) is 9.18. The fourth-order valence-corrected chi connectivity index (χ4v) is 3.74. The molecule has 0 aromatic heterocycles. The Morgan fingerprint density at radius 1 is 0.633 bits per heavy atom. The summed E-state index contributed by atoms with van der Waals surface area (Å²) >= 11 is 0. The summed E-state index contributed by atoms with van der Waals surface area (Å²) < 4.78 is 0. The van der Waals surface area contributed by atoms with Crippen molar-refractivity contribution >= 4 is 0 Å². The van der Waals surface area contributed by atoms with Crippen LogP contribution in [0.3, 0.4) is 0 Å². The summed E-state index contributed by atoms with van der Waals surface area (Å²) in [6.45, 7) is 14.7. The van der Waals surface area contributed by atoms with Crippen molar-refractivity contribution in [1.29, 1.82) is 0 Å². The third-order valence-electron chi connectivity index (χ3n) is 5.76. The molecule has 0 heterocycles. The maximum Gasteiger partial charge on any atom is 0.0363 e. The van der Waals surface area contributed by atoms with E-state index in [4.69, 9.17) is 0 Å². The van der Waals surface area contributed by atoms with Gasteiger partial charge in [-0.25, -0.2) is 0 Å². The Morgan fingerprint density at radius 3 is 1.63 bits per heavy atom. The molecule has 0 aliphatic carbocycles. The Hall–Kier alpha value is -2.38. The van der Waals surface area contributed by atoms with Crippen LogP contribution in [-0.2, 0) is 23.8 Å². The van der Waals surface area contributed by atoms with Crippen LogP contribution in [0, 0.1) is 0 Å². The molecule has 1 N–H and O–H groups in total. The van der Waals surface area contributed by atoms with Crippen molar-refractivity contribution in [3.63, 3.8) is 0 Å². The number of hydrogen-bond donors (Lipinski definition) is 1. The third-order valence-corrected chi connectivity index (χ3v) is 5.76. The summed E-state index contributed by atoms with van der Waals surface area (Å²) in [5, 5.41) is 3.86. The summed E-state index contributed by atoms with van der Waals surface area (Å²) in [5.41, 5.74) is 7.15. The average molecular weight is 400 g/mol. The number of nitrogens with one attached hydrogen (secondary N) is 1. The molecule has 158 valence electrons. The fourth-order valence-electron chi connectivity index (χ4n) is 3.74. The van der Waals surface area contributed by atoms with Crippen LogP contribution in [0.25, 0.3) is 0 Å². The van der Waals surface area contributed by atoms with Crippen LogP contribution in [0.4, 0.5) is 0 Å². The highest BCUT2D eigenvalue weighted by Crippen LogP contribution is 2.30. The SMILES string of the molecule is CC(C)(C)c1cc(CNC(Cc2ccccc2)c2ccccc2)cc(C(C)(C)C)c1. The molecule has 0 bridgehead atoms. The maximum absolute atomic E-state index is 3.86. The lowest BCUT2D eigenvalue weighted by Crippen LogP contribution is -2.24. The van der Waals surface area contributed by atoms with Gasteiger partial charge in [-0.1, -0.05) is 120 Å². The highest BCUT2D eigenvalue weighted by molar-refractivity contribution is 5.37. The lowest BCUT2D eigenvalue weighted by Gasteiger charge is -2.27. The summed E-state index contributed by atoms with van der Waals surface area (Å²) in [7, 11) is 0. The smallest absolute Gasteiger partial charge is 0.0363 e. The van der Waals surface area contributed by atoms with Crippen LogP contribution in [0.5, 0.6) is 0 Å². The van der Waals surface area contributed by atoms with Crippen LogP contribution in [0.1, 0.15) is 75.4 Å².